The maximum Gasteiger partial charge on any atom is 0.261 e. The molecule has 0 saturated heterocycles. The van der Waals surface area contributed by atoms with Gasteiger partial charge in [-0.15, -0.1) is 0 Å². The number of nitrogens with zero attached hydrogens (tertiary/aromatic N) is 2. The monoisotopic (exact) mass is 670 g/mol. The second kappa shape index (κ2) is 27.4. The van der Waals surface area contributed by atoms with Gasteiger partial charge >= 0.3 is 0 Å². The lowest BCUT2D eigenvalue weighted by Crippen LogP contribution is -2.41. The number of imidazole rings is 1. The van der Waals surface area contributed by atoms with E-state index in [1.807, 2.05) is 0 Å². The molecule has 3 aromatic rings. The number of unbranched alkanes of at least 4 members (excludes halogenated alkanes) is 22. The topological polar surface area (TPSA) is 8.81 Å². The molecule has 0 amide bonds. The molecule has 1 aromatic heterocycles. The van der Waals surface area contributed by atoms with Gasteiger partial charge in [0.25, 0.3) is 5.82 Å². The first kappa shape index (κ1) is 41.1. The Hall–Kier alpha value is -2.35. The molecule has 1 heterocycles. The fourth-order valence-electron chi connectivity index (χ4n) is 7.70. The van der Waals surface area contributed by atoms with Crippen molar-refractivity contribution in [3.8, 4) is 0 Å². The highest BCUT2D eigenvalue weighted by Crippen LogP contribution is 2.22. The number of aryl methyl sites for hydroxylation is 1. The van der Waals surface area contributed by atoms with E-state index in [1.54, 1.807) is 0 Å². The van der Waals surface area contributed by atoms with Crippen LogP contribution in [0.1, 0.15) is 203 Å². The first-order valence-corrected chi connectivity index (χ1v) is 21.4. The number of hydrogen-bond donors (Lipinski definition) is 0. The van der Waals surface area contributed by atoms with Crippen LogP contribution < -0.4 is 4.57 Å². The summed E-state index contributed by atoms with van der Waals surface area (Å²) in [5.74, 6) is 2.03. The van der Waals surface area contributed by atoms with Crippen LogP contribution in [0.25, 0.3) is 0 Å². The van der Waals surface area contributed by atoms with Crippen LogP contribution in [0.5, 0.6) is 0 Å². The minimum Gasteiger partial charge on any atom is -0.234 e. The highest BCUT2D eigenvalue weighted by molar-refractivity contribution is 5.21. The molecule has 2 nitrogen and oxygen atoms in total. The predicted octanol–water partition coefficient (Wildman–Crippen LogP) is 14.1. The molecule has 49 heavy (non-hydrogen) atoms. The minimum atomic E-state index is 0.516. The lowest BCUT2D eigenvalue weighted by Gasteiger charge is -2.12. The van der Waals surface area contributed by atoms with Gasteiger partial charge in [-0.3, -0.25) is 0 Å². The lowest BCUT2D eigenvalue weighted by molar-refractivity contribution is -0.710. The third-order valence-electron chi connectivity index (χ3n) is 10.9. The van der Waals surface area contributed by atoms with E-state index in [2.05, 4.69) is 96.8 Å². The molecule has 274 valence electrons. The van der Waals surface area contributed by atoms with Crippen LogP contribution in [-0.4, -0.2) is 4.57 Å². The van der Waals surface area contributed by atoms with Crippen molar-refractivity contribution in [2.75, 3.05) is 0 Å². The van der Waals surface area contributed by atoms with Gasteiger partial charge in [0.05, 0.1) is 19.5 Å². The van der Waals surface area contributed by atoms with Crippen molar-refractivity contribution >= 4 is 0 Å². The van der Waals surface area contributed by atoms with Gasteiger partial charge in [-0.1, -0.05) is 210 Å². The number of rotatable bonds is 31. The number of hydrogen-bond acceptors (Lipinski definition) is 0. The Kier molecular flexibility index (Phi) is 23.0. The molecule has 2 aromatic carbocycles. The van der Waals surface area contributed by atoms with Gasteiger partial charge in [-0.2, -0.15) is 0 Å². The molecule has 1 unspecified atom stereocenters. The second-order valence-corrected chi connectivity index (χ2v) is 15.3. The van der Waals surface area contributed by atoms with Crippen LogP contribution in [0, 0.1) is 0 Å². The number of benzene rings is 2. The van der Waals surface area contributed by atoms with Crippen LogP contribution in [0.15, 0.2) is 66.9 Å². The summed E-state index contributed by atoms with van der Waals surface area (Å²) in [7, 11) is 0. The zero-order chi connectivity index (χ0) is 34.6. The van der Waals surface area contributed by atoms with Crippen LogP contribution in [0.4, 0.5) is 0 Å². The van der Waals surface area contributed by atoms with Crippen molar-refractivity contribution in [3.05, 3.63) is 89.5 Å². The average molecular weight is 670 g/mol. The molecule has 0 aliphatic rings. The minimum absolute atomic E-state index is 0.516. The van der Waals surface area contributed by atoms with E-state index in [4.69, 9.17) is 0 Å². The van der Waals surface area contributed by atoms with E-state index >= 15 is 0 Å². The third kappa shape index (κ3) is 17.9. The van der Waals surface area contributed by atoms with Crippen molar-refractivity contribution < 1.29 is 4.57 Å². The molecule has 0 aliphatic carbocycles. The average Bonchev–Trinajstić information content (AvgIpc) is 3.44. The van der Waals surface area contributed by atoms with Crippen LogP contribution in [-0.2, 0) is 25.9 Å². The summed E-state index contributed by atoms with van der Waals surface area (Å²) < 4.78 is 5.40. The molecule has 0 spiro atoms. The van der Waals surface area contributed by atoms with Gasteiger partial charge in [0.1, 0.15) is 11.9 Å². The molecule has 0 saturated carbocycles. The first-order chi connectivity index (χ1) is 24.2. The Morgan fingerprint density at radius 1 is 0.510 bits per heavy atom. The zero-order valence-electron chi connectivity index (χ0n) is 32.6. The fraction of sp³-hybridized carbons (Fsp3) is 0.681. The molecular weight excluding hydrogens is 593 g/mol. The second-order valence-electron chi connectivity index (χ2n) is 15.3. The summed E-state index contributed by atoms with van der Waals surface area (Å²) in [5.41, 5.74) is 4.41. The van der Waals surface area contributed by atoms with Gasteiger partial charge in [-0.25, -0.2) is 9.13 Å². The van der Waals surface area contributed by atoms with Crippen LogP contribution >= 0.6 is 0 Å². The largest absolute Gasteiger partial charge is 0.261 e. The molecule has 0 N–H and O–H groups in total. The first-order valence-electron chi connectivity index (χ1n) is 21.4. The van der Waals surface area contributed by atoms with Crippen LogP contribution in [0.2, 0.25) is 0 Å². The summed E-state index contributed by atoms with van der Waals surface area (Å²) >= 11 is 0. The molecule has 2 heteroatoms. The van der Waals surface area contributed by atoms with E-state index in [0.29, 0.717) is 5.92 Å². The Morgan fingerprint density at radius 2 is 0.939 bits per heavy atom. The van der Waals surface area contributed by atoms with E-state index < -0.39 is 0 Å². The Morgan fingerprint density at radius 3 is 1.43 bits per heavy atom. The third-order valence-corrected chi connectivity index (χ3v) is 10.9. The fourth-order valence-corrected chi connectivity index (χ4v) is 7.70. The van der Waals surface area contributed by atoms with Gasteiger partial charge < -0.3 is 0 Å². The summed E-state index contributed by atoms with van der Waals surface area (Å²) in [5, 5.41) is 0. The predicted molar refractivity (Wildman–Crippen MR) is 215 cm³/mol. The molecular formula is C47H77N2+. The standard InChI is InChI=1S/C47H77N2/c1-4-6-8-10-12-13-14-15-16-17-18-19-20-21-23-24-32-38-48-42-46(40-43(3)45-36-30-27-31-37-45)49(39-33-25-22-11-9-7-5-2)47(48)41-44-34-28-26-29-35-44/h26-31,34-37,42-43H,4-25,32-33,38-41H2,1-3H3/q+1. The summed E-state index contributed by atoms with van der Waals surface area (Å²) in [6.07, 6.45) is 38.5. The van der Waals surface area contributed by atoms with Crippen molar-refractivity contribution in [2.24, 2.45) is 0 Å². The molecule has 0 radical (unpaired) electrons. The van der Waals surface area contributed by atoms with Gasteiger partial charge in [-0.05, 0) is 42.7 Å². The van der Waals surface area contributed by atoms with Crippen molar-refractivity contribution in [1.29, 1.82) is 0 Å². The maximum absolute atomic E-state index is 2.74. The molecule has 0 aliphatic heterocycles. The van der Waals surface area contributed by atoms with Crippen molar-refractivity contribution in [1.82, 2.24) is 4.57 Å². The lowest BCUT2D eigenvalue weighted by atomic mass is 9.96. The van der Waals surface area contributed by atoms with E-state index in [9.17, 15) is 0 Å². The Balaban J connectivity index is 1.49. The smallest absolute Gasteiger partial charge is 0.234 e. The normalized spacial score (nSPS) is 12.1. The van der Waals surface area contributed by atoms with Crippen molar-refractivity contribution in [2.45, 2.75) is 207 Å². The quantitative estimate of drug-likeness (QED) is 0.0476. The van der Waals surface area contributed by atoms with Crippen LogP contribution in [0.3, 0.4) is 0 Å². The Bertz CT molecular complexity index is 1160. The summed E-state index contributed by atoms with van der Waals surface area (Å²) in [6, 6.07) is 22.4. The zero-order valence-corrected chi connectivity index (χ0v) is 32.6. The SMILES string of the molecule is CCCCCCCCCCCCCCCCCCCn1cc(CC(C)c2ccccc2)[n+](CCCCCCCCC)c1Cc1ccccc1. The number of aromatic nitrogens is 2. The van der Waals surface area contributed by atoms with E-state index in [0.717, 1.165) is 25.9 Å². The highest BCUT2D eigenvalue weighted by Gasteiger charge is 2.25. The molecule has 3 rings (SSSR count). The van der Waals surface area contributed by atoms with Crippen molar-refractivity contribution in [3.63, 3.8) is 0 Å². The van der Waals surface area contributed by atoms with E-state index in [-0.39, 0.29) is 0 Å². The summed E-state index contributed by atoms with van der Waals surface area (Å²) in [6.45, 7) is 9.34. The van der Waals surface area contributed by atoms with Gasteiger partial charge in [0.2, 0.25) is 0 Å². The Labute approximate surface area is 304 Å². The molecule has 0 bridgehead atoms. The summed E-state index contributed by atoms with van der Waals surface area (Å²) in [4.78, 5) is 0. The van der Waals surface area contributed by atoms with Gasteiger partial charge in [0.15, 0.2) is 0 Å². The van der Waals surface area contributed by atoms with Gasteiger partial charge in [0, 0.05) is 6.42 Å². The molecule has 1 atom stereocenters. The highest BCUT2D eigenvalue weighted by atomic mass is 15.2. The van der Waals surface area contributed by atoms with E-state index in [1.165, 1.54) is 177 Å². The maximum atomic E-state index is 2.74. The molecule has 0 fully saturated rings.